The minimum absolute atomic E-state index is 0.261. The topological polar surface area (TPSA) is 46.2 Å². The van der Waals surface area contributed by atoms with E-state index in [1.165, 1.54) is 0 Å². The van der Waals surface area contributed by atoms with Gasteiger partial charge in [0.05, 0.1) is 0 Å². The number of carbonyl (C=O) groups is 2. The second-order valence-electron chi connectivity index (χ2n) is 2.07. The van der Waals surface area contributed by atoms with Crippen LogP contribution < -0.4 is 4.84 Å². The summed E-state index contributed by atoms with van der Waals surface area (Å²) in [6.07, 6.45) is 0. The van der Waals surface area contributed by atoms with E-state index in [0.717, 1.165) is 0 Å². The molecule has 0 fully saturated rings. The quantitative estimate of drug-likeness (QED) is 0.580. The molecule has 1 aliphatic carbocycles. The van der Waals surface area contributed by atoms with Crippen LogP contribution in [0.5, 0.6) is 0 Å². The van der Waals surface area contributed by atoms with E-state index >= 15 is 0 Å². The summed E-state index contributed by atoms with van der Waals surface area (Å²) in [5.41, 5.74) is -0.261. The molecule has 1 aliphatic rings. The number of Topliss-reactive ketones (excluding diaryl/α,β-unsaturated/α-hetero) is 2. The molecule has 0 aromatic carbocycles. The van der Waals surface area contributed by atoms with E-state index in [4.69, 9.17) is 46.6 Å². The minimum Gasteiger partial charge on any atom is -0.293 e. The van der Waals surface area contributed by atoms with Crippen LogP contribution in [0.25, 0.3) is 0 Å². The molecule has 70 valence electrons. The first-order valence-corrected chi connectivity index (χ1v) is 4.43. The lowest BCUT2D eigenvalue weighted by molar-refractivity contribution is -0.115. The Balaban J connectivity index is 3.29. The summed E-state index contributed by atoms with van der Waals surface area (Å²) in [7, 11) is 0. The van der Waals surface area contributed by atoms with Crippen LogP contribution in [0.2, 0.25) is 0 Å². The van der Waals surface area contributed by atoms with E-state index in [-0.39, 0.29) is 15.8 Å². The maximum atomic E-state index is 11.2. The highest BCUT2D eigenvalue weighted by Gasteiger charge is 2.32. The molecule has 1 N–H and O–H groups in total. The molecule has 0 radical (unpaired) electrons. The van der Waals surface area contributed by atoms with Crippen molar-refractivity contribution in [2.45, 2.75) is 0 Å². The van der Waals surface area contributed by atoms with Gasteiger partial charge >= 0.3 is 0 Å². The second kappa shape index (κ2) is 3.88. The van der Waals surface area contributed by atoms with Gasteiger partial charge < -0.3 is 0 Å². The number of ketones is 2. The van der Waals surface area contributed by atoms with Gasteiger partial charge in [-0.2, -0.15) is 0 Å². The molecule has 0 atom stereocenters. The lowest BCUT2D eigenvalue weighted by Crippen LogP contribution is -2.23. The fourth-order valence-electron chi connectivity index (χ4n) is 0.703. The molecule has 0 aromatic rings. The lowest BCUT2D eigenvalue weighted by Gasteiger charge is -2.12. The fourth-order valence-corrected chi connectivity index (χ4v) is 1.57. The summed E-state index contributed by atoms with van der Waals surface area (Å²) in [6.45, 7) is 0. The van der Waals surface area contributed by atoms with Crippen LogP contribution in [0.1, 0.15) is 0 Å². The molecule has 7 heteroatoms. The summed E-state index contributed by atoms with van der Waals surface area (Å²) < 4.78 is 0. The summed E-state index contributed by atoms with van der Waals surface area (Å²) in [4.78, 5) is 24.3. The number of allylic oxidation sites excluding steroid dienone is 3. The minimum atomic E-state index is -0.726. The SMILES string of the molecule is O=C1C(Cl)=C(Cl)C(=O)C(NCl)=C1Cl. The fraction of sp³-hybridized carbons (Fsp3) is 0. The molecule has 0 amide bonds. The molecule has 0 aliphatic heterocycles. The highest BCUT2D eigenvalue weighted by molar-refractivity contribution is 6.64. The van der Waals surface area contributed by atoms with Gasteiger partial charge in [-0.3, -0.25) is 14.4 Å². The molecule has 13 heavy (non-hydrogen) atoms. The van der Waals surface area contributed by atoms with Gasteiger partial charge in [0.25, 0.3) is 0 Å². The first kappa shape index (κ1) is 10.9. The van der Waals surface area contributed by atoms with E-state index in [1.807, 2.05) is 4.84 Å². The van der Waals surface area contributed by atoms with E-state index in [0.29, 0.717) is 0 Å². The second-order valence-corrected chi connectivity index (χ2v) is 3.39. The van der Waals surface area contributed by atoms with Crippen molar-refractivity contribution in [3.05, 3.63) is 20.8 Å². The summed E-state index contributed by atoms with van der Waals surface area (Å²) >= 11 is 21.5. The number of halogens is 4. The highest BCUT2D eigenvalue weighted by atomic mass is 35.5. The van der Waals surface area contributed by atoms with Crippen LogP contribution in [0.3, 0.4) is 0 Å². The zero-order valence-electron chi connectivity index (χ0n) is 5.83. The van der Waals surface area contributed by atoms with Gasteiger partial charge in [-0.15, -0.1) is 0 Å². The van der Waals surface area contributed by atoms with Gasteiger partial charge in [0.15, 0.2) is 0 Å². The van der Waals surface area contributed by atoms with Crippen molar-refractivity contribution in [3.8, 4) is 0 Å². The predicted octanol–water partition coefficient (Wildman–Crippen LogP) is 2.02. The Hall–Kier alpha value is -0.220. The Morgan fingerprint density at radius 2 is 1.31 bits per heavy atom. The van der Waals surface area contributed by atoms with Crippen molar-refractivity contribution in [1.29, 1.82) is 0 Å². The first-order valence-electron chi connectivity index (χ1n) is 2.91. The number of nitrogens with one attached hydrogen (secondary N) is 1. The molecule has 0 spiro atoms. The van der Waals surface area contributed by atoms with Crippen molar-refractivity contribution < 1.29 is 9.59 Å². The number of hydrogen-bond donors (Lipinski definition) is 1. The third kappa shape index (κ3) is 1.70. The predicted molar refractivity (Wildman–Crippen MR) is 50.6 cm³/mol. The van der Waals surface area contributed by atoms with E-state index in [2.05, 4.69) is 0 Å². The average molecular weight is 261 g/mol. The van der Waals surface area contributed by atoms with Gasteiger partial charge in [0, 0.05) is 11.8 Å². The molecule has 0 saturated carbocycles. The van der Waals surface area contributed by atoms with Gasteiger partial charge in [-0.1, -0.05) is 34.8 Å². The molecular formula is C6HCl4NO2. The maximum absolute atomic E-state index is 11.2. The zero-order chi connectivity index (χ0) is 10.2. The summed E-state index contributed by atoms with van der Waals surface area (Å²) in [5, 5.41) is -1.15. The van der Waals surface area contributed by atoms with E-state index in [9.17, 15) is 9.59 Å². The standard InChI is InChI=1S/C6HCl4NO2/c7-1-2(8)6(13)4(11-10)3(9)5(1)12/h11H. The van der Waals surface area contributed by atoms with Crippen LogP contribution in [-0.2, 0) is 9.59 Å². The average Bonchev–Trinajstić information content (AvgIpc) is 2.13. The molecular weight excluding hydrogens is 260 g/mol. The van der Waals surface area contributed by atoms with Crippen LogP contribution in [0.4, 0.5) is 0 Å². The molecule has 0 heterocycles. The highest BCUT2D eigenvalue weighted by Crippen LogP contribution is 2.30. The molecule has 0 unspecified atom stereocenters. The number of carbonyl (C=O) groups excluding carboxylic acids is 2. The third-order valence-electron chi connectivity index (χ3n) is 1.33. The van der Waals surface area contributed by atoms with E-state index < -0.39 is 16.6 Å². The summed E-state index contributed by atoms with van der Waals surface area (Å²) in [5.74, 6) is -1.43. The molecule has 0 bridgehead atoms. The first-order chi connectivity index (χ1) is 6.00. The van der Waals surface area contributed by atoms with Crippen molar-refractivity contribution in [3.63, 3.8) is 0 Å². The van der Waals surface area contributed by atoms with Gasteiger partial charge in [-0.25, -0.2) is 0 Å². The van der Waals surface area contributed by atoms with Gasteiger partial charge in [0.1, 0.15) is 20.8 Å². The Morgan fingerprint density at radius 3 is 1.77 bits per heavy atom. The van der Waals surface area contributed by atoms with E-state index in [1.54, 1.807) is 0 Å². The van der Waals surface area contributed by atoms with Crippen LogP contribution >= 0.6 is 46.6 Å². The number of hydrogen-bond acceptors (Lipinski definition) is 3. The number of rotatable bonds is 1. The summed E-state index contributed by atoms with van der Waals surface area (Å²) in [6, 6.07) is 0. The van der Waals surface area contributed by atoms with Gasteiger partial charge in [0.2, 0.25) is 11.6 Å². The Bertz CT molecular complexity index is 358. The van der Waals surface area contributed by atoms with Crippen molar-refractivity contribution in [2.75, 3.05) is 0 Å². The van der Waals surface area contributed by atoms with Gasteiger partial charge in [-0.05, 0) is 0 Å². The Labute approximate surface area is 93.4 Å². The Morgan fingerprint density at radius 1 is 0.846 bits per heavy atom. The Kier molecular flexibility index (Phi) is 3.24. The molecule has 0 aromatic heterocycles. The molecule has 1 rings (SSSR count). The lowest BCUT2D eigenvalue weighted by atomic mass is 10.1. The van der Waals surface area contributed by atoms with Crippen molar-refractivity contribution in [2.24, 2.45) is 0 Å². The van der Waals surface area contributed by atoms with Crippen LogP contribution in [0, 0.1) is 0 Å². The smallest absolute Gasteiger partial charge is 0.224 e. The third-order valence-corrected chi connectivity index (χ3v) is 2.70. The normalized spacial score (nSPS) is 18.5. The maximum Gasteiger partial charge on any atom is 0.224 e. The molecule has 0 saturated heterocycles. The molecule has 3 nitrogen and oxygen atoms in total. The monoisotopic (exact) mass is 259 g/mol. The zero-order valence-corrected chi connectivity index (χ0v) is 8.85. The van der Waals surface area contributed by atoms with Crippen molar-refractivity contribution >= 4 is 58.1 Å². The van der Waals surface area contributed by atoms with Crippen LogP contribution in [0.15, 0.2) is 20.8 Å². The largest absolute Gasteiger partial charge is 0.293 e. The van der Waals surface area contributed by atoms with Crippen LogP contribution in [-0.4, -0.2) is 11.6 Å². The van der Waals surface area contributed by atoms with Crippen molar-refractivity contribution in [1.82, 2.24) is 4.84 Å².